The van der Waals surface area contributed by atoms with Gasteiger partial charge in [-0.05, 0) is 52.0 Å². The molecule has 5 nitrogen and oxygen atoms in total. The molecule has 0 aromatic heterocycles. The van der Waals surface area contributed by atoms with Gasteiger partial charge in [-0.1, -0.05) is 36.3 Å². The van der Waals surface area contributed by atoms with Gasteiger partial charge >= 0.3 is 6.09 Å². The van der Waals surface area contributed by atoms with Crippen molar-refractivity contribution in [3.63, 3.8) is 0 Å². The number of hydrogen-bond donors (Lipinski definition) is 1. The number of carbonyl (C=O) groups excluding carboxylic acids is 2. The molecule has 140 valence electrons. The van der Waals surface area contributed by atoms with Crippen LogP contribution in [0.25, 0.3) is 0 Å². The predicted octanol–water partition coefficient (Wildman–Crippen LogP) is 3.31. The molecule has 1 aliphatic rings. The molecule has 2 rings (SSSR count). The van der Waals surface area contributed by atoms with E-state index in [4.69, 9.17) is 4.74 Å². The smallest absolute Gasteiger partial charge is 0.410 e. The highest BCUT2D eigenvalue weighted by atomic mass is 16.6. The maximum absolute atomic E-state index is 12.4. The number of rotatable bonds is 2. The van der Waals surface area contributed by atoms with Crippen LogP contribution in [-0.2, 0) is 9.53 Å². The van der Waals surface area contributed by atoms with Crippen molar-refractivity contribution in [3.8, 4) is 11.8 Å². The van der Waals surface area contributed by atoms with Crippen LogP contribution in [0.1, 0.15) is 52.0 Å². The summed E-state index contributed by atoms with van der Waals surface area (Å²) >= 11 is 0. The molecule has 1 aromatic carbocycles. The summed E-state index contributed by atoms with van der Waals surface area (Å²) < 4.78 is 5.51. The van der Waals surface area contributed by atoms with Crippen LogP contribution in [0.4, 0.5) is 4.79 Å². The van der Waals surface area contributed by atoms with Gasteiger partial charge in [-0.3, -0.25) is 4.79 Å². The van der Waals surface area contributed by atoms with Gasteiger partial charge < -0.3 is 15.0 Å². The molecule has 2 atom stereocenters. The Balaban J connectivity index is 2.17. The Morgan fingerprint density at radius 1 is 1.15 bits per heavy atom. The number of carbonyl (C=O) groups is 2. The Bertz CT molecular complexity index is 683. The Morgan fingerprint density at radius 3 is 2.42 bits per heavy atom. The molecule has 5 heteroatoms. The van der Waals surface area contributed by atoms with Gasteiger partial charge in [-0.2, -0.15) is 0 Å². The van der Waals surface area contributed by atoms with Crippen molar-refractivity contribution in [3.05, 3.63) is 35.9 Å². The first-order valence-corrected chi connectivity index (χ1v) is 9.06. The van der Waals surface area contributed by atoms with E-state index >= 15 is 0 Å². The fourth-order valence-electron chi connectivity index (χ4n) is 3.20. The van der Waals surface area contributed by atoms with E-state index in [0.29, 0.717) is 19.5 Å². The maximum atomic E-state index is 12.4. The van der Waals surface area contributed by atoms with Crippen molar-refractivity contribution < 1.29 is 14.3 Å². The van der Waals surface area contributed by atoms with Gasteiger partial charge in [-0.15, -0.1) is 0 Å². The highest BCUT2D eigenvalue weighted by Gasteiger charge is 2.31. The van der Waals surface area contributed by atoms with Gasteiger partial charge in [0, 0.05) is 25.0 Å². The zero-order valence-electron chi connectivity index (χ0n) is 16.0. The predicted molar refractivity (Wildman–Crippen MR) is 102 cm³/mol. The number of ether oxygens (including phenoxy) is 1. The number of likely N-dealkylation sites (tertiary alicyclic amines) is 1. The molecule has 1 aromatic rings. The second-order valence-corrected chi connectivity index (χ2v) is 7.52. The molecule has 1 fully saturated rings. The third kappa shape index (κ3) is 5.80. The topological polar surface area (TPSA) is 58.6 Å². The summed E-state index contributed by atoms with van der Waals surface area (Å²) in [5, 5.41) is 3.02. The van der Waals surface area contributed by atoms with Crippen LogP contribution in [-0.4, -0.2) is 41.6 Å². The van der Waals surface area contributed by atoms with E-state index in [-0.39, 0.29) is 24.0 Å². The monoisotopic (exact) mass is 356 g/mol. The van der Waals surface area contributed by atoms with Gasteiger partial charge in [-0.25, -0.2) is 4.79 Å². The molecule has 0 aliphatic carbocycles. The summed E-state index contributed by atoms with van der Waals surface area (Å²) in [7, 11) is 0. The molecule has 1 saturated heterocycles. The summed E-state index contributed by atoms with van der Waals surface area (Å²) in [4.78, 5) is 26.2. The molecule has 2 amide bonds. The van der Waals surface area contributed by atoms with E-state index in [0.717, 1.165) is 12.0 Å². The molecule has 26 heavy (non-hydrogen) atoms. The fraction of sp³-hybridized carbons (Fsp3) is 0.524. The molecule has 0 spiro atoms. The summed E-state index contributed by atoms with van der Waals surface area (Å²) in [5.41, 5.74) is 0.639. The quantitative estimate of drug-likeness (QED) is 0.827. The van der Waals surface area contributed by atoms with Crippen molar-refractivity contribution in [2.45, 2.75) is 58.1 Å². The molecule has 2 unspecified atom stereocenters. The van der Waals surface area contributed by atoms with E-state index in [1.54, 1.807) is 11.8 Å². The van der Waals surface area contributed by atoms with Crippen LogP contribution in [0.2, 0.25) is 0 Å². The molecule has 1 heterocycles. The largest absolute Gasteiger partial charge is 0.444 e. The Kier molecular flexibility index (Phi) is 6.68. The zero-order chi connectivity index (χ0) is 19.2. The Morgan fingerprint density at radius 2 is 1.81 bits per heavy atom. The van der Waals surface area contributed by atoms with Crippen LogP contribution in [0.3, 0.4) is 0 Å². The van der Waals surface area contributed by atoms with Crippen LogP contribution in [0.15, 0.2) is 30.3 Å². The van der Waals surface area contributed by atoms with Gasteiger partial charge in [0.25, 0.3) is 5.91 Å². The molecule has 0 bridgehead atoms. The third-order valence-corrected chi connectivity index (χ3v) is 4.34. The van der Waals surface area contributed by atoms with Gasteiger partial charge in [0.05, 0.1) is 0 Å². The van der Waals surface area contributed by atoms with Gasteiger partial charge in [0.15, 0.2) is 0 Å². The van der Waals surface area contributed by atoms with Crippen LogP contribution in [0, 0.1) is 11.8 Å². The summed E-state index contributed by atoms with van der Waals surface area (Å²) in [6.45, 7) is 8.38. The standard InChI is InChI=1S/C21H28N2O3/c1-5-9-19(24)22-18-13-15-23(20(25)26-21(2,3)4)14-12-17(18)16-10-7-6-8-11-16/h6-8,10-11,17-18H,12-15H2,1-4H3,(H,22,24). The average Bonchev–Trinajstić information content (AvgIpc) is 2.77. The van der Waals surface area contributed by atoms with E-state index in [1.807, 2.05) is 39.0 Å². The SMILES string of the molecule is CC#CC(=O)NC1CCN(C(=O)OC(C)(C)C)CCC1c1ccccc1. The first kappa shape index (κ1) is 19.8. The highest BCUT2D eigenvalue weighted by Crippen LogP contribution is 2.29. The minimum Gasteiger partial charge on any atom is -0.444 e. The lowest BCUT2D eigenvalue weighted by Gasteiger charge is -2.26. The van der Waals surface area contributed by atoms with Gasteiger partial charge in [0.1, 0.15) is 5.60 Å². The first-order chi connectivity index (χ1) is 12.3. The lowest BCUT2D eigenvalue weighted by Crippen LogP contribution is -2.40. The van der Waals surface area contributed by atoms with E-state index in [1.165, 1.54) is 0 Å². The van der Waals surface area contributed by atoms with Gasteiger partial charge in [0.2, 0.25) is 0 Å². The van der Waals surface area contributed by atoms with Crippen LogP contribution >= 0.6 is 0 Å². The number of amides is 2. The molecule has 0 saturated carbocycles. The molecule has 1 aliphatic heterocycles. The molecular weight excluding hydrogens is 328 g/mol. The van der Waals surface area contributed by atoms with Crippen molar-refractivity contribution in [1.29, 1.82) is 0 Å². The first-order valence-electron chi connectivity index (χ1n) is 9.06. The molecule has 0 radical (unpaired) electrons. The van der Waals surface area contributed by atoms with Crippen molar-refractivity contribution >= 4 is 12.0 Å². The highest BCUT2D eigenvalue weighted by molar-refractivity contribution is 5.93. The molecule has 1 N–H and O–H groups in total. The average molecular weight is 356 g/mol. The number of nitrogens with one attached hydrogen (secondary N) is 1. The zero-order valence-corrected chi connectivity index (χ0v) is 16.0. The fourth-order valence-corrected chi connectivity index (χ4v) is 3.20. The van der Waals surface area contributed by atoms with E-state index in [2.05, 4.69) is 29.3 Å². The van der Waals surface area contributed by atoms with E-state index < -0.39 is 5.60 Å². The summed E-state index contributed by atoms with van der Waals surface area (Å²) in [5.74, 6) is 5.04. The second kappa shape index (κ2) is 8.75. The summed E-state index contributed by atoms with van der Waals surface area (Å²) in [6, 6.07) is 10.0. The number of nitrogens with zero attached hydrogens (tertiary/aromatic N) is 1. The van der Waals surface area contributed by atoms with Crippen LogP contribution < -0.4 is 5.32 Å². The third-order valence-electron chi connectivity index (χ3n) is 4.34. The number of benzene rings is 1. The second-order valence-electron chi connectivity index (χ2n) is 7.52. The Hall–Kier alpha value is -2.48. The minimum absolute atomic E-state index is 0.0711. The van der Waals surface area contributed by atoms with Crippen LogP contribution in [0.5, 0.6) is 0 Å². The van der Waals surface area contributed by atoms with E-state index in [9.17, 15) is 9.59 Å². The lowest BCUT2D eigenvalue weighted by atomic mass is 9.87. The normalized spacial score (nSPS) is 20.4. The maximum Gasteiger partial charge on any atom is 0.410 e. The van der Waals surface area contributed by atoms with Crippen molar-refractivity contribution in [2.75, 3.05) is 13.1 Å². The number of hydrogen-bond acceptors (Lipinski definition) is 3. The van der Waals surface area contributed by atoms with Crippen molar-refractivity contribution in [1.82, 2.24) is 10.2 Å². The summed E-state index contributed by atoms with van der Waals surface area (Å²) in [6.07, 6.45) is 1.12. The van der Waals surface area contributed by atoms with Crippen molar-refractivity contribution in [2.24, 2.45) is 0 Å². The molecular formula is C21H28N2O3. The lowest BCUT2D eigenvalue weighted by molar-refractivity contribution is -0.116. The minimum atomic E-state index is -0.521. The Labute approximate surface area is 156 Å².